The average Bonchev–Trinajstić information content (AvgIpc) is 3.06. The van der Waals surface area contributed by atoms with Crippen LogP contribution < -0.4 is 5.56 Å². The highest BCUT2D eigenvalue weighted by Crippen LogP contribution is 2.35. The van der Waals surface area contributed by atoms with E-state index in [0.717, 1.165) is 16.0 Å². The largest absolute Gasteiger partial charge is 0.305 e. The summed E-state index contributed by atoms with van der Waals surface area (Å²) < 4.78 is 0.559. The van der Waals surface area contributed by atoms with E-state index < -0.39 is 0 Å². The van der Waals surface area contributed by atoms with Crippen molar-refractivity contribution in [3.63, 3.8) is 0 Å². The fourth-order valence-corrected chi connectivity index (χ4v) is 4.06. The highest BCUT2D eigenvalue weighted by atomic mass is 35.5. The lowest BCUT2D eigenvalue weighted by Crippen LogP contribution is -2.07. The molecular formula is C20H13ClN2O2S. The van der Waals surface area contributed by atoms with Gasteiger partial charge in [0, 0.05) is 26.6 Å². The van der Waals surface area contributed by atoms with Gasteiger partial charge in [0.25, 0.3) is 5.56 Å². The third-order valence-electron chi connectivity index (χ3n) is 4.09. The monoisotopic (exact) mass is 380 g/mol. The molecule has 0 aliphatic rings. The lowest BCUT2D eigenvalue weighted by atomic mass is 10.1. The lowest BCUT2D eigenvalue weighted by molar-refractivity contribution is 0.101. The summed E-state index contributed by atoms with van der Waals surface area (Å²) in [4.78, 5) is 32.2. The van der Waals surface area contributed by atoms with Gasteiger partial charge in [0.2, 0.25) is 0 Å². The second-order valence-corrected chi connectivity index (χ2v) is 7.31. The number of fused-ring (bicyclic) bond motifs is 1. The van der Waals surface area contributed by atoms with Crippen LogP contribution >= 0.6 is 22.9 Å². The van der Waals surface area contributed by atoms with Crippen LogP contribution in [0.4, 0.5) is 0 Å². The van der Waals surface area contributed by atoms with E-state index in [1.54, 1.807) is 24.3 Å². The molecular weight excluding hydrogens is 368 g/mol. The maximum Gasteiger partial charge on any atom is 0.269 e. The van der Waals surface area contributed by atoms with Crippen molar-refractivity contribution in [2.45, 2.75) is 6.92 Å². The van der Waals surface area contributed by atoms with Crippen molar-refractivity contribution in [3.8, 4) is 21.8 Å². The predicted molar refractivity (Wildman–Crippen MR) is 106 cm³/mol. The molecule has 4 rings (SSSR count). The second kappa shape index (κ2) is 6.52. The summed E-state index contributed by atoms with van der Waals surface area (Å²) in [5.74, 6) is 0.469. The first-order chi connectivity index (χ1) is 12.5. The first kappa shape index (κ1) is 16.7. The molecule has 4 aromatic rings. The lowest BCUT2D eigenvalue weighted by Gasteiger charge is -2.02. The second-order valence-electron chi connectivity index (χ2n) is 5.85. The number of halogens is 1. The van der Waals surface area contributed by atoms with Gasteiger partial charge < -0.3 is 4.98 Å². The van der Waals surface area contributed by atoms with E-state index in [4.69, 9.17) is 11.6 Å². The van der Waals surface area contributed by atoms with Crippen LogP contribution in [-0.2, 0) is 0 Å². The summed E-state index contributed by atoms with van der Waals surface area (Å²) in [6, 6.07) is 16.4. The van der Waals surface area contributed by atoms with Gasteiger partial charge in [-0.05, 0) is 19.1 Å². The Morgan fingerprint density at radius 3 is 2.54 bits per heavy atom. The van der Waals surface area contributed by atoms with Gasteiger partial charge in [-0.1, -0.05) is 54.1 Å². The Hall–Kier alpha value is -2.76. The third-order valence-corrected chi connectivity index (χ3v) is 5.57. The van der Waals surface area contributed by atoms with E-state index >= 15 is 0 Å². The number of H-pyrrole nitrogens is 1. The molecule has 0 spiro atoms. The van der Waals surface area contributed by atoms with Crippen molar-refractivity contribution in [3.05, 3.63) is 75.5 Å². The summed E-state index contributed by atoms with van der Waals surface area (Å²) in [5, 5.41) is 0.635. The Morgan fingerprint density at radius 1 is 1.12 bits per heavy atom. The highest BCUT2D eigenvalue weighted by molar-refractivity contribution is 7.22. The smallest absolute Gasteiger partial charge is 0.269 e. The Labute approximate surface area is 158 Å². The fraction of sp³-hybridized carbons (Fsp3) is 0.0500. The van der Waals surface area contributed by atoms with Crippen LogP contribution in [0.15, 0.2) is 59.4 Å². The van der Waals surface area contributed by atoms with Crippen LogP contribution in [-0.4, -0.2) is 15.8 Å². The van der Waals surface area contributed by atoms with Crippen LogP contribution in [0.2, 0.25) is 5.02 Å². The normalized spacial score (nSPS) is 11.0. The molecule has 128 valence electrons. The van der Waals surface area contributed by atoms with Gasteiger partial charge in [0.15, 0.2) is 5.78 Å². The van der Waals surface area contributed by atoms with Gasteiger partial charge in [0.1, 0.15) is 10.5 Å². The van der Waals surface area contributed by atoms with E-state index in [1.807, 2.05) is 30.3 Å². The fourth-order valence-electron chi connectivity index (χ4n) is 2.73. The molecule has 6 heteroatoms. The molecule has 0 amide bonds. The number of aromatic nitrogens is 2. The predicted octanol–water partition coefficient (Wildman–Crippen LogP) is 5.17. The van der Waals surface area contributed by atoms with E-state index in [9.17, 15) is 9.59 Å². The minimum atomic E-state index is -0.191. The molecule has 0 unspecified atom stereocenters. The number of nitrogens with zero attached hydrogens (tertiary/aromatic N) is 1. The number of hydrogen-bond acceptors (Lipinski definition) is 4. The first-order valence-electron chi connectivity index (χ1n) is 7.93. The number of rotatable bonds is 3. The molecule has 2 aromatic heterocycles. The molecule has 26 heavy (non-hydrogen) atoms. The van der Waals surface area contributed by atoms with Crippen molar-refractivity contribution >= 4 is 38.9 Å². The summed E-state index contributed by atoms with van der Waals surface area (Å²) in [6.07, 6.45) is 0. The van der Waals surface area contributed by atoms with Crippen LogP contribution in [0.5, 0.6) is 0 Å². The van der Waals surface area contributed by atoms with Crippen LogP contribution in [0.1, 0.15) is 17.3 Å². The Balaban J connectivity index is 1.83. The summed E-state index contributed by atoms with van der Waals surface area (Å²) in [7, 11) is 0. The molecule has 0 saturated heterocycles. The summed E-state index contributed by atoms with van der Waals surface area (Å²) >= 11 is 7.63. The molecule has 1 N–H and O–H groups in total. The van der Waals surface area contributed by atoms with Gasteiger partial charge in [-0.25, -0.2) is 4.98 Å². The van der Waals surface area contributed by atoms with Gasteiger partial charge >= 0.3 is 0 Å². The summed E-state index contributed by atoms with van der Waals surface area (Å²) in [5.41, 5.74) is 2.68. The molecule has 0 bridgehead atoms. The average molecular weight is 381 g/mol. The molecule has 4 nitrogen and oxygen atoms in total. The van der Waals surface area contributed by atoms with Gasteiger partial charge in [-0.3, -0.25) is 9.59 Å². The number of hydrogen-bond donors (Lipinski definition) is 1. The van der Waals surface area contributed by atoms with Gasteiger partial charge in [0.05, 0.1) is 5.52 Å². The molecule has 0 fully saturated rings. The minimum Gasteiger partial charge on any atom is -0.305 e. The van der Waals surface area contributed by atoms with Gasteiger partial charge in [-0.2, -0.15) is 0 Å². The van der Waals surface area contributed by atoms with Crippen molar-refractivity contribution in [1.82, 2.24) is 9.97 Å². The molecule has 0 aliphatic carbocycles. The van der Waals surface area contributed by atoms with Crippen LogP contribution in [0, 0.1) is 0 Å². The molecule has 2 aromatic carbocycles. The zero-order chi connectivity index (χ0) is 18.3. The molecule has 0 aliphatic heterocycles. The third kappa shape index (κ3) is 2.96. The van der Waals surface area contributed by atoms with E-state index in [0.29, 0.717) is 26.6 Å². The number of carbonyl (C=O) groups is 1. The van der Waals surface area contributed by atoms with Crippen LogP contribution in [0.3, 0.4) is 0 Å². The van der Waals surface area contributed by atoms with Crippen molar-refractivity contribution in [1.29, 1.82) is 0 Å². The number of aromatic amines is 1. The van der Waals surface area contributed by atoms with Crippen molar-refractivity contribution in [2.75, 3.05) is 0 Å². The van der Waals surface area contributed by atoms with Crippen molar-refractivity contribution in [2.24, 2.45) is 0 Å². The number of carbonyl (C=O) groups excluding carboxylic acids is 1. The number of ketones is 1. The Kier molecular flexibility index (Phi) is 4.18. The SMILES string of the molecule is CC(=O)c1ccc(-c2nc3cc(-c4ccccc4Cl)sc3c(=O)[nH]2)cc1. The minimum absolute atomic E-state index is 0.00401. The number of thiophene rings is 1. The zero-order valence-corrected chi connectivity index (χ0v) is 15.3. The molecule has 0 radical (unpaired) electrons. The zero-order valence-electron chi connectivity index (χ0n) is 13.7. The molecule has 0 saturated carbocycles. The number of benzene rings is 2. The van der Waals surface area contributed by atoms with Crippen LogP contribution in [0.25, 0.3) is 32.0 Å². The summed E-state index contributed by atoms with van der Waals surface area (Å²) in [6.45, 7) is 1.52. The molecule has 0 atom stereocenters. The highest BCUT2D eigenvalue weighted by Gasteiger charge is 2.13. The van der Waals surface area contributed by atoms with E-state index in [-0.39, 0.29) is 11.3 Å². The quantitative estimate of drug-likeness (QED) is 0.498. The topological polar surface area (TPSA) is 62.8 Å². The first-order valence-corrected chi connectivity index (χ1v) is 9.12. The van der Waals surface area contributed by atoms with Crippen molar-refractivity contribution < 1.29 is 4.79 Å². The van der Waals surface area contributed by atoms with E-state index in [2.05, 4.69) is 9.97 Å². The maximum absolute atomic E-state index is 12.5. The Morgan fingerprint density at radius 2 is 1.85 bits per heavy atom. The standard InChI is InChI=1S/C20H13ClN2O2S/c1-11(24)12-6-8-13(9-7-12)19-22-16-10-17(26-18(16)20(25)23-19)14-4-2-3-5-15(14)21/h2-10H,1H3,(H,22,23,25). The number of nitrogens with one attached hydrogen (secondary N) is 1. The number of Topliss-reactive ketones (excluding diaryl/α,β-unsaturated/α-hetero) is 1. The Bertz CT molecular complexity index is 1190. The molecule has 2 heterocycles. The maximum atomic E-state index is 12.5. The van der Waals surface area contributed by atoms with E-state index in [1.165, 1.54) is 18.3 Å². The van der Waals surface area contributed by atoms with Gasteiger partial charge in [-0.15, -0.1) is 11.3 Å².